The van der Waals surface area contributed by atoms with Crippen LogP contribution >= 0.6 is 0 Å². The smallest absolute Gasteiger partial charge is 0.253 e. The fourth-order valence-corrected chi connectivity index (χ4v) is 7.25. The zero-order valence-corrected chi connectivity index (χ0v) is 22.6. The maximum Gasteiger partial charge on any atom is 0.253 e. The Labute approximate surface area is 228 Å². The van der Waals surface area contributed by atoms with Gasteiger partial charge in [-0.1, -0.05) is 54.6 Å². The minimum atomic E-state index is -4.16. The van der Waals surface area contributed by atoms with Crippen molar-refractivity contribution < 1.29 is 26.4 Å². The van der Waals surface area contributed by atoms with Crippen molar-refractivity contribution in [3.63, 3.8) is 0 Å². The number of carbonyl (C=O) groups is 2. The molecule has 1 heterocycles. The first-order valence-corrected chi connectivity index (χ1v) is 15.0. The van der Waals surface area contributed by atoms with Crippen LogP contribution in [0, 0.1) is 0 Å². The summed E-state index contributed by atoms with van der Waals surface area (Å²) in [4.78, 5) is 26.3. The molecule has 12 heteroatoms. The molecule has 0 aliphatic carbocycles. The fraction of sp³-hybridized carbons (Fsp3) is 0.185. The van der Waals surface area contributed by atoms with Crippen LogP contribution in [0.5, 0.6) is 0 Å². The van der Waals surface area contributed by atoms with Crippen molar-refractivity contribution in [2.75, 3.05) is 31.5 Å². The van der Waals surface area contributed by atoms with Crippen LogP contribution in [-0.2, 0) is 24.8 Å². The third-order valence-corrected chi connectivity index (χ3v) is 9.97. The molecule has 0 unspecified atom stereocenters. The Hall–Kier alpha value is -3.84. The second-order valence-electron chi connectivity index (χ2n) is 8.65. The quantitative estimate of drug-likeness (QED) is 0.381. The molecule has 10 nitrogen and oxygen atoms in total. The van der Waals surface area contributed by atoms with Gasteiger partial charge in [-0.2, -0.15) is 8.61 Å². The molecule has 0 radical (unpaired) electrons. The van der Waals surface area contributed by atoms with Gasteiger partial charge in [-0.15, -0.1) is 6.58 Å². The first-order valence-electron chi connectivity index (χ1n) is 12.1. The standard InChI is InChI=1S/C27H28N4O6S2/c1-2-17-28-26(32)23-15-9-10-16-24(23)29-27(33)25-20-30(38(34,35)21-11-5-3-6-12-21)18-19-31(25)39(36,37)22-13-7-4-8-14-22/h2-16,25H,1,17-20H2,(H,28,32)(H,29,33)/t25-/m1/s1. The van der Waals surface area contributed by atoms with Crippen LogP contribution in [0.4, 0.5) is 5.69 Å². The Bertz CT molecular complexity index is 1560. The van der Waals surface area contributed by atoms with Gasteiger partial charge in [0.05, 0.1) is 21.0 Å². The number of benzene rings is 3. The zero-order chi connectivity index (χ0) is 28.0. The zero-order valence-electron chi connectivity index (χ0n) is 20.9. The van der Waals surface area contributed by atoms with E-state index in [1.165, 1.54) is 42.5 Å². The second-order valence-corrected chi connectivity index (χ2v) is 12.5. The largest absolute Gasteiger partial charge is 0.349 e. The molecule has 1 fully saturated rings. The van der Waals surface area contributed by atoms with Crippen molar-refractivity contribution >= 4 is 37.5 Å². The van der Waals surface area contributed by atoms with Gasteiger partial charge >= 0.3 is 0 Å². The van der Waals surface area contributed by atoms with E-state index in [2.05, 4.69) is 17.2 Å². The Morgan fingerprint density at radius 2 is 1.38 bits per heavy atom. The Morgan fingerprint density at radius 1 is 0.821 bits per heavy atom. The highest BCUT2D eigenvalue weighted by molar-refractivity contribution is 7.89. The molecule has 1 atom stereocenters. The van der Waals surface area contributed by atoms with E-state index in [1.54, 1.807) is 48.5 Å². The van der Waals surface area contributed by atoms with Gasteiger partial charge in [0.2, 0.25) is 26.0 Å². The van der Waals surface area contributed by atoms with Crippen LogP contribution in [0.3, 0.4) is 0 Å². The van der Waals surface area contributed by atoms with E-state index in [0.29, 0.717) is 0 Å². The van der Waals surface area contributed by atoms with Gasteiger partial charge in [0.15, 0.2) is 0 Å². The summed E-state index contributed by atoms with van der Waals surface area (Å²) in [5.74, 6) is -1.23. The van der Waals surface area contributed by atoms with Crippen molar-refractivity contribution in [2.45, 2.75) is 15.8 Å². The van der Waals surface area contributed by atoms with Crippen LogP contribution in [-0.4, -0.2) is 69.5 Å². The van der Waals surface area contributed by atoms with E-state index >= 15 is 0 Å². The summed E-state index contributed by atoms with van der Waals surface area (Å²) in [5.41, 5.74) is 0.318. The molecular weight excluding hydrogens is 540 g/mol. The SMILES string of the molecule is C=CCNC(=O)c1ccccc1NC(=O)[C@H]1CN(S(=O)(=O)c2ccccc2)CCN1S(=O)(=O)c1ccccc1. The number of nitrogens with zero attached hydrogens (tertiary/aromatic N) is 2. The van der Waals surface area contributed by atoms with Gasteiger partial charge in [0.1, 0.15) is 6.04 Å². The molecule has 39 heavy (non-hydrogen) atoms. The lowest BCUT2D eigenvalue weighted by molar-refractivity contribution is -0.120. The van der Waals surface area contributed by atoms with E-state index in [0.717, 1.165) is 8.61 Å². The summed E-state index contributed by atoms with van der Waals surface area (Å²) < 4.78 is 56.0. The van der Waals surface area contributed by atoms with E-state index in [1.807, 2.05) is 0 Å². The van der Waals surface area contributed by atoms with Gasteiger partial charge in [-0.05, 0) is 36.4 Å². The van der Waals surface area contributed by atoms with Gasteiger partial charge in [0, 0.05) is 26.2 Å². The van der Waals surface area contributed by atoms with Crippen molar-refractivity contribution in [3.8, 4) is 0 Å². The Kier molecular flexibility index (Phi) is 8.60. The highest BCUT2D eigenvalue weighted by atomic mass is 32.2. The molecule has 0 aromatic heterocycles. The summed E-state index contributed by atoms with van der Waals surface area (Å²) in [6, 6.07) is 20.2. The molecule has 0 bridgehead atoms. The number of nitrogens with one attached hydrogen (secondary N) is 2. The van der Waals surface area contributed by atoms with Crippen molar-refractivity contribution in [1.82, 2.24) is 13.9 Å². The molecule has 2 amide bonds. The highest BCUT2D eigenvalue weighted by Crippen LogP contribution is 2.26. The minimum Gasteiger partial charge on any atom is -0.349 e. The molecule has 1 aliphatic rings. The van der Waals surface area contributed by atoms with Gasteiger partial charge in [-0.3, -0.25) is 9.59 Å². The summed E-state index contributed by atoms with van der Waals surface area (Å²) in [6.45, 7) is 2.96. The predicted octanol–water partition coefficient (Wildman–Crippen LogP) is 2.30. The highest BCUT2D eigenvalue weighted by Gasteiger charge is 2.43. The summed E-state index contributed by atoms with van der Waals surface area (Å²) in [5, 5.41) is 5.29. The first kappa shape index (κ1) is 28.2. The Balaban J connectivity index is 1.69. The lowest BCUT2D eigenvalue weighted by atomic mass is 10.1. The number of sulfonamides is 2. The molecule has 0 saturated carbocycles. The third-order valence-electron chi connectivity index (χ3n) is 6.16. The van der Waals surface area contributed by atoms with Gasteiger partial charge in [0.25, 0.3) is 5.91 Å². The molecule has 2 N–H and O–H groups in total. The monoisotopic (exact) mass is 568 g/mol. The molecule has 204 valence electrons. The van der Waals surface area contributed by atoms with E-state index in [4.69, 9.17) is 0 Å². The van der Waals surface area contributed by atoms with Crippen LogP contribution in [0.1, 0.15) is 10.4 Å². The second kappa shape index (κ2) is 11.9. The average Bonchev–Trinajstić information content (AvgIpc) is 2.96. The molecule has 3 aromatic rings. The van der Waals surface area contributed by atoms with Gasteiger partial charge in [-0.25, -0.2) is 16.8 Å². The molecule has 1 saturated heterocycles. The van der Waals surface area contributed by atoms with Crippen LogP contribution in [0.25, 0.3) is 0 Å². The maximum absolute atomic E-state index is 13.7. The van der Waals surface area contributed by atoms with Crippen molar-refractivity contribution in [1.29, 1.82) is 0 Å². The lowest BCUT2D eigenvalue weighted by Crippen LogP contribution is -2.60. The molecule has 4 rings (SSSR count). The molecule has 0 spiro atoms. The number of carbonyl (C=O) groups excluding carboxylic acids is 2. The molecular formula is C27H28N4O6S2. The normalized spacial score (nSPS) is 16.8. The Morgan fingerprint density at radius 3 is 2.00 bits per heavy atom. The van der Waals surface area contributed by atoms with Gasteiger partial charge < -0.3 is 10.6 Å². The first-order chi connectivity index (χ1) is 18.7. The maximum atomic E-state index is 13.7. The predicted molar refractivity (Wildman–Crippen MR) is 147 cm³/mol. The lowest BCUT2D eigenvalue weighted by Gasteiger charge is -2.39. The van der Waals surface area contributed by atoms with E-state index in [-0.39, 0.29) is 40.7 Å². The summed E-state index contributed by atoms with van der Waals surface area (Å²) in [7, 11) is -8.17. The average molecular weight is 569 g/mol. The number of rotatable bonds is 9. The van der Waals surface area contributed by atoms with E-state index < -0.39 is 44.4 Å². The van der Waals surface area contributed by atoms with Crippen molar-refractivity contribution in [3.05, 3.63) is 103 Å². The fourth-order valence-electron chi connectivity index (χ4n) is 4.20. The minimum absolute atomic E-state index is 0.0219. The van der Waals surface area contributed by atoms with E-state index in [9.17, 15) is 26.4 Å². The number of hydrogen-bond donors (Lipinski definition) is 2. The van der Waals surface area contributed by atoms with Crippen LogP contribution < -0.4 is 10.6 Å². The number of hydrogen-bond acceptors (Lipinski definition) is 6. The molecule has 3 aromatic carbocycles. The number of para-hydroxylation sites is 1. The van der Waals surface area contributed by atoms with Crippen LogP contribution in [0.2, 0.25) is 0 Å². The summed E-state index contributed by atoms with van der Waals surface area (Å²) >= 11 is 0. The molecule has 1 aliphatic heterocycles. The number of amides is 2. The number of piperazine rings is 1. The van der Waals surface area contributed by atoms with Crippen molar-refractivity contribution in [2.24, 2.45) is 0 Å². The van der Waals surface area contributed by atoms with Crippen LogP contribution in [0.15, 0.2) is 107 Å². The topological polar surface area (TPSA) is 133 Å². The third kappa shape index (κ3) is 6.09. The number of anilines is 1. The summed E-state index contributed by atoms with van der Waals surface area (Å²) in [6.07, 6.45) is 1.51.